The lowest BCUT2D eigenvalue weighted by Gasteiger charge is -2.35. The molecule has 2 rings (SSSR count). The van der Waals surface area contributed by atoms with Gasteiger partial charge in [0.15, 0.2) is 5.82 Å². The molecule has 2 heterocycles. The summed E-state index contributed by atoms with van der Waals surface area (Å²) in [5.74, 6) is 1.50. The van der Waals surface area contributed by atoms with Crippen LogP contribution >= 0.6 is 0 Å². The molecule has 0 spiro atoms. The Kier molecular flexibility index (Phi) is 4.24. The average Bonchev–Trinajstić information content (AvgIpc) is 2.35. The second-order valence-corrected chi connectivity index (χ2v) is 5.98. The summed E-state index contributed by atoms with van der Waals surface area (Å²) in [6, 6.07) is 0.119. The molecule has 0 aromatic carbocycles. The van der Waals surface area contributed by atoms with Crippen molar-refractivity contribution in [3.05, 3.63) is 22.7 Å². The lowest BCUT2D eigenvalue weighted by atomic mass is 9.94. The Morgan fingerprint density at radius 1 is 1.53 bits per heavy atom. The summed E-state index contributed by atoms with van der Waals surface area (Å²) in [4.78, 5) is 18.7. The Morgan fingerprint density at radius 2 is 2.26 bits per heavy atom. The van der Waals surface area contributed by atoms with Gasteiger partial charge in [0.2, 0.25) is 0 Å². The fourth-order valence-corrected chi connectivity index (χ4v) is 2.48. The summed E-state index contributed by atoms with van der Waals surface area (Å²) in [5.41, 5.74) is 6.09. The standard InChI is InChI=1S/C14H24N4O/c1-10(2)8-18-7-5-16-13(14(18)19)17-6-4-11(3)12(15)9-17/h5,7,10-12H,4,6,8-9,15H2,1-3H3. The van der Waals surface area contributed by atoms with E-state index in [2.05, 4.69) is 25.8 Å². The molecule has 1 aromatic rings. The second-order valence-electron chi connectivity index (χ2n) is 5.98. The topological polar surface area (TPSA) is 64.2 Å². The van der Waals surface area contributed by atoms with Crippen molar-refractivity contribution in [3.8, 4) is 0 Å². The summed E-state index contributed by atoms with van der Waals surface area (Å²) in [6.07, 6.45) is 4.49. The first-order valence-electron chi connectivity index (χ1n) is 7.05. The van der Waals surface area contributed by atoms with Gasteiger partial charge in [-0.05, 0) is 18.3 Å². The molecule has 2 unspecified atom stereocenters. The maximum absolute atomic E-state index is 12.4. The van der Waals surface area contributed by atoms with Crippen LogP contribution in [0.1, 0.15) is 27.2 Å². The first-order chi connectivity index (χ1) is 8.99. The SMILES string of the molecule is CC(C)Cn1ccnc(N2CCC(C)C(N)C2)c1=O. The number of nitrogens with zero attached hydrogens (tertiary/aromatic N) is 3. The molecule has 0 bridgehead atoms. The summed E-state index contributed by atoms with van der Waals surface area (Å²) in [7, 11) is 0. The molecule has 1 fully saturated rings. The molecule has 5 heteroatoms. The van der Waals surface area contributed by atoms with Crippen molar-refractivity contribution in [1.82, 2.24) is 9.55 Å². The van der Waals surface area contributed by atoms with E-state index in [1.54, 1.807) is 17.0 Å². The predicted octanol–water partition coefficient (Wildman–Crippen LogP) is 1.07. The van der Waals surface area contributed by atoms with Crippen LogP contribution in [-0.4, -0.2) is 28.7 Å². The highest BCUT2D eigenvalue weighted by Crippen LogP contribution is 2.18. The fourth-order valence-electron chi connectivity index (χ4n) is 2.48. The number of rotatable bonds is 3. The van der Waals surface area contributed by atoms with Gasteiger partial charge in [-0.25, -0.2) is 4.98 Å². The zero-order valence-electron chi connectivity index (χ0n) is 12.0. The van der Waals surface area contributed by atoms with Gasteiger partial charge in [0.1, 0.15) is 0 Å². The highest BCUT2D eigenvalue weighted by Gasteiger charge is 2.25. The van der Waals surface area contributed by atoms with Crippen molar-refractivity contribution in [2.45, 2.75) is 39.8 Å². The second kappa shape index (κ2) is 5.74. The molecule has 106 valence electrons. The largest absolute Gasteiger partial charge is 0.350 e. The highest BCUT2D eigenvalue weighted by molar-refractivity contribution is 5.36. The van der Waals surface area contributed by atoms with Crippen LogP contribution in [0.5, 0.6) is 0 Å². The normalized spacial score (nSPS) is 23.9. The molecule has 0 saturated carbocycles. The molecule has 1 aliphatic rings. The molecule has 0 aliphatic carbocycles. The number of hydrogen-bond donors (Lipinski definition) is 1. The molecule has 0 amide bonds. The molecule has 19 heavy (non-hydrogen) atoms. The van der Waals surface area contributed by atoms with E-state index < -0.39 is 0 Å². The fraction of sp³-hybridized carbons (Fsp3) is 0.714. The zero-order valence-corrected chi connectivity index (χ0v) is 12.0. The third kappa shape index (κ3) is 3.15. The van der Waals surface area contributed by atoms with Crippen LogP contribution in [0, 0.1) is 11.8 Å². The van der Waals surface area contributed by atoms with E-state index in [0.29, 0.717) is 17.7 Å². The molecular formula is C14H24N4O. The van der Waals surface area contributed by atoms with Gasteiger partial charge in [0.05, 0.1) is 0 Å². The van der Waals surface area contributed by atoms with E-state index in [1.807, 2.05) is 4.90 Å². The molecule has 1 aliphatic heterocycles. The Hall–Kier alpha value is -1.36. The Balaban J connectivity index is 2.23. The highest BCUT2D eigenvalue weighted by atomic mass is 16.1. The van der Waals surface area contributed by atoms with Crippen molar-refractivity contribution < 1.29 is 0 Å². The van der Waals surface area contributed by atoms with E-state index >= 15 is 0 Å². The summed E-state index contributed by atoms with van der Waals surface area (Å²) >= 11 is 0. The average molecular weight is 264 g/mol. The van der Waals surface area contributed by atoms with E-state index in [9.17, 15) is 4.79 Å². The lowest BCUT2D eigenvalue weighted by Crippen LogP contribution is -2.49. The van der Waals surface area contributed by atoms with Crippen LogP contribution in [0.2, 0.25) is 0 Å². The van der Waals surface area contributed by atoms with Crippen LogP contribution in [-0.2, 0) is 6.54 Å². The number of nitrogens with two attached hydrogens (primary N) is 1. The molecule has 2 N–H and O–H groups in total. The molecular weight excluding hydrogens is 240 g/mol. The van der Waals surface area contributed by atoms with Crippen molar-refractivity contribution in [1.29, 1.82) is 0 Å². The van der Waals surface area contributed by atoms with Gasteiger partial charge in [-0.1, -0.05) is 20.8 Å². The van der Waals surface area contributed by atoms with Crippen molar-refractivity contribution in [2.75, 3.05) is 18.0 Å². The number of anilines is 1. The predicted molar refractivity (Wildman–Crippen MR) is 77.3 cm³/mol. The monoisotopic (exact) mass is 264 g/mol. The maximum atomic E-state index is 12.4. The van der Waals surface area contributed by atoms with Crippen LogP contribution < -0.4 is 16.2 Å². The third-order valence-electron chi connectivity index (χ3n) is 3.77. The minimum atomic E-state index is -0.00190. The molecule has 2 atom stereocenters. The first kappa shape index (κ1) is 14.1. The molecule has 0 radical (unpaired) electrons. The summed E-state index contributed by atoms with van der Waals surface area (Å²) in [6.45, 7) is 8.68. The maximum Gasteiger partial charge on any atom is 0.293 e. The van der Waals surface area contributed by atoms with Gasteiger partial charge in [-0.3, -0.25) is 4.79 Å². The van der Waals surface area contributed by atoms with Gasteiger partial charge < -0.3 is 15.2 Å². The van der Waals surface area contributed by atoms with Gasteiger partial charge in [0, 0.05) is 38.1 Å². The van der Waals surface area contributed by atoms with Gasteiger partial charge >= 0.3 is 0 Å². The quantitative estimate of drug-likeness (QED) is 0.887. The lowest BCUT2D eigenvalue weighted by molar-refractivity contribution is 0.376. The number of piperidine rings is 1. The van der Waals surface area contributed by atoms with Crippen LogP contribution in [0.25, 0.3) is 0 Å². The number of aromatic nitrogens is 2. The molecule has 1 saturated heterocycles. The van der Waals surface area contributed by atoms with E-state index in [-0.39, 0.29) is 11.6 Å². The first-order valence-corrected chi connectivity index (χ1v) is 7.05. The molecule has 1 aromatic heterocycles. The summed E-state index contributed by atoms with van der Waals surface area (Å²) in [5, 5.41) is 0. The Labute approximate surface area is 114 Å². The van der Waals surface area contributed by atoms with Gasteiger partial charge in [-0.2, -0.15) is 0 Å². The summed E-state index contributed by atoms with van der Waals surface area (Å²) < 4.78 is 1.75. The minimum Gasteiger partial charge on any atom is -0.350 e. The third-order valence-corrected chi connectivity index (χ3v) is 3.77. The van der Waals surface area contributed by atoms with Gasteiger partial charge in [-0.15, -0.1) is 0 Å². The Morgan fingerprint density at radius 3 is 2.89 bits per heavy atom. The van der Waals surface area contributed by atoms with Crippen LogP contribution in [0.3, 0.4) is 0 Å². The van der Waals surface area contributed by atoms with E-state index in [4.69, 9.17) is 5.73 Å². The smallest absolute Gasteiger partial charge is 0.293 e. The zero-order chi connectivity index (χ0) is 14.0. The minimum absolute atomic E-state index is 0.00190. The van der Waals surface area contributed by atoms with Crippen molar-refractivity contribution in [3.63, 3.8) is 0 Å². The molecule has 5 nitrogen and oxygen atoms in total. The van der Waals surface area contributed by atoms with Gasteiger partial charge in [0.25, 0.3) is 5.56 Å². The van der Waals surface area contributed by atoms with Crippen LogP contribution in [0.15, 0.2) is 17.2 Å². The van der Waals surface area contributed by atoms with Crippen molar-refractivity contribution in [2.24, 2.45) is 17.6 Å². The van der Waals surface area contributed by atoms with Crippen molar-refractivity contribution >= 4 is 5.82 Å². The Bertz CT molecular complexity index is 483. The van der Waals surface area contributed by atoms with E-state index in [0.717, 1.165) is 26.1 Å². The van der Waals surface area contributed by atoms with Crippen LogP contribution in [0.4, 0.5) is 5.82 Å². The van der Waals surface area contributed by atoms with E-state index in [1.165, 1.54) is 0 Å². The number of hydrogen-bond acceptors (Lipinski definition) is 4.